The average Bonchev–Trinajstić information content (AvgIpc) is 2.43. The largest absolute Gasteiger partial charge is 0.494 e. The summed E-state index contributed by atoms with van der Waals surface area (Å²) >= 11 is 0. The van der Waals surface area contributed by atoms with Crippen molar-refractivity contribution in [2.45, 2.75) is 13.0 Å². The average molecular weight is 295 g/mol. The number of hydrogen-bond donors (Lipinski definition) is 1. The van der Waals surface area contributed by atoms with E-state index in [0.29, 0.717) is 30.1 Å². The zero-order valence-electron chi connectivity index (χ0n) is 11.8. The maximum absolute atomic E-state index is 13.9. The molecule has 21 heavy (non-hydrogen) atoms. The van der Waals surface area contributed by atoms with Gasteiger partial charge >= 0.3 is 0 Å². The fourth-order valence-corrected chi connectivity index (χ4v) is 2.26. The molecule has 2 aromatic carbocycles. The Balaban J connectivity index is 2.47. The number of rotatable bonds is 5. The summed E-state index contributed by atoms with van der Waals surface area (Å²) in [5.74, 6) is -2.17. The second-order valence-electron chi connectivity index (χ2n) is 4.51. The van der Waals surface area contributed by atoms with Gasteiger partial charge in [-0.2, -0.15) is 0 Å². The SMILES string of the molecule is CCOc1cccc(C(NC)c2c(F)cc(F)cc2F)c1. The topological polar surface area (TPSA) is 21.3 Å². The first-order chi connectivity index (χ1) is 10.1. The van der Waals surface area contributed by atoms with Gasteiger partial charge in [0, 0.05) is 17.7 Å². The van der Waals surface area contributed by atoms with Crippen molar-refractivity contribution in [2.75, 3.05) is 13.7 Å². The molecule has 112 valence electrons. The van der Waals surface area contributed by atoms with E-state index in [-0.39, 0.29) is 5.56 Å². The van der Waals surface area contributed by atoms with Gasteiger partial charge in [0.15, 0.2) is 0 Å². The Kier molecular flexibility index (Phi) is 4.85. The van der Waals surface area contributed by atoms with E-state index in [9.17, 15) is 13.2 Å². The molecule has 0 fully saturated rings. The molecule has 0 saturated carbocycles. The van der Waals surface area contributed by atoms with E-state index in [4.69, 9.17) is 4.74 Å². The van der Waals surface area contributed by atoms with Gasteiger partial charge in [0.2, 0.25) is 0 Å². The third-order valence-electron chi connectivity index (χ3n) is 3.12. The predicted octanol–water partition coefficient (Wildman–Crippen LogP) is 3.81. The van der Waals surface area contributed by atoms with Gasteiger partial charge in [-0.05, 0) is 31.7 Å². The Morgan fingerprint density at radius 1 is 1.10 bits per heavy atom. The van der Waals surface area contributed by atoms with Crippen LogP contribution in [0.1, 0.15) is 24.1 Å². The number of benzene rings is 2. The van der Waals surface area contributed by atoms with Gasteiger partial charge in [0.1, 0.15) is 23.2 Å². The monoisotopic (exact) mass is 295 g/mol. The summed E-state index contributed by atoms with van der Waals surface area (Å²) in [6, 6.07) is 7.55. The lowest BCUT2D eigenvalue weighted by molar-refractivity contribution is 0.339. The third-order valence-corrected chi connectivity index (χ3v) is 3.12. The van der Waals surface area contributed by atoms with Gasteiger partial charge in [-0.15, -0.1) is 0 Å². The molecule has 0 aliphatic carbocycles. The zero-order valence-corrected chi connectivity index (χ0v) is 11.8. The van der Waals surface area contributed by atoms with Crippen LogP contribution in [0.3, 0.4) is 0 Å². The Morgan fingerprint density at radius 2 is 1.76 bits per heavy atom. The predicted molar refractivity (Wildman–Crippen MR) is 74.8 cm³/mol. The summed E-state index contributed by atoms with van der Waals surface area (Å²) in [4.78, 5) is 0. The van der Waals surface area contributed by atoms with Crippen molar-refractivity contribution in [1.29, 1.82) is 0 Å². The van der Waals surface area contributed by atoms with Crippen LogP contribution in [0.5, 0.6) is 5.75 Å². The first-order valence-electron chi connectivity index (χ1n) is 6.61. The first-order valence-corrected chi connectivity index (χ1v) is 6.61. The quantitative estimate of drug-likeness (QED) is 0.905. The maximum atomic E-state index is 13.9. The molecular formula is C16H16F3NO. The van der Waals surface area contributed by atoms with E-state index in [1.54, 1.807) is 31.3 Å². The van der Waals surface area contributed by atoms with Crippen molar-refractivity contribution in [3.8, 4) is 5.75 Å². The molecule has 2 aromatic rings. The highest BCUT2D eigenvalue weighted by molar-refractivity contribution is 5.38. The van der Waals surface area contributed by atoms with E-state index in [1.165, 1.54) is 0 Å². The molecule has 2 rings (SSSR count). The second-order valence-corrected chi connectivity index (χ2v) is 4.51. The molecule has 0 saturated heterocycles. The molecule has 0 spiro atoms. The van der Waals surface area contributed by atoms with Crippen LogP contribution in [0, 0.1) is 17.5 Å². The Labute approximate surface area is 121 Å². The molecule has 0 bridgehead atoms. The molecule has 1 N–H and O–H groups in total. The Bertz CT molecular complexity index is 608. The minimum atomic E-state index is -0.938. The lowest BCUT2D eigenvalue weighted by Crippen LogP contribution is -2.20. The van der Waals surface area contributed by atoms with Crippen LogP contribution >= 0.6 is 0 Å². The molecule has 1 atom stereocenters. The van der Waals surface area contributed by atoms with Crippen LogP contribution in [0.2, 0.25) is 0 Å². The molecule has 0 radical (unpaired) electrons. The maximum Gasteiger partial charge on any atom is 0.134 e. The minimum absolute atomic E-state index is 0.215. The van der Waals surface area contributed by atoms with Gasteiger partial charge in [-0.3, -0.25) is 0 Å². The zero-order chi connectivity index (χ0) is 15.4. The van der Waals surface area contributed by atoms with Crippen molar-refractivity contribution in [2.24, 2.45) is 0 Å². The van der Waals surface area contributed by atoms with Gasteiger partial charge in [0.25, 0.3) is 0 Å². The van der Waals surface area contributed by atoms with Crippen LogP contribution < -0.4 is 10.1 Å². The summed E-state index contributed by atoms with van der Waals surface area (Å²) in [5, 5.41) is 2.85. The van der Waals surface area contributed by atoms with Crippen LogP contribution in [-0.2, 0) is 0 Å². The molecule has 0 amide bonds. The van der Waals surface area contributed by atoms with E-state index in [1.807, 2.05) is 6.92 Å². The van der Waals surface area contributed by atoms with Crippen LogP contribution in [0.15, 0.2) is 36.4 Å². The number of ether oxygens (including phenoxy) is 1. The van der Waals surface area contributed by atoms with E-state index >= 15 is 0 Å². The first kappa shape index (κ1) is 15.4. The normalized spacial score (nSPS) is 12.2. The molecule has 5 heteroatoms. The fourth-order valence-electron chi connectivity index (χ4n) is 2.26. The van der Waals surface area contributed by atoms with Gasteiger partial charge in [-0.25, -0.2) is 13.2 Å². The number of hydrogen-bond acceptors (Lipinski definition) is 2. The summed E-state index contributed by atoms with van der Waals surface area (Å²) < 4.78 is 46.3. The summed E-state index contributed by atoms with van der Waals surface area (Å²) in [6.45, 7) is 2.34. The van der Waals surface area contributed by atoms with Gasteiger partial charge in [-0.1, -0.05) is 12.1 Å². The van der Waals surface area contributed by atoms with Crippen LogP contribution in [-0.4, -0.2) is 13.7 Å². The van der Waals surface area contributed by atoms with Crippen molar-refractivity contribution in [3.63, 3.8) is 0 Å². The lowest BCUT2D eigenvalue weighted by Gasteiger charge is -2.19. The Hall–Kier alpha value is -2.01. The molecule has 2 nitrogen and oxygen atoms in total. The summed E-state index contributed by atoms with van der Waals surface area (Å²) in [6.07, 6.45) is 0. The molecular weight excluding hydrogens is 279 g/mol. The number of halogens is 3. The van der Waals surface area contributed by atoms with E-state index < -0.39 is 23.5 Å². The molecule has 0 aliphatic rings. The standard InChI is InChI=1S/C16H16F3NO/c1-3-21-12-6-4-5-10(7-12)16(20-2)15-13(18)8-11(17)9-14(15)19/h4-9,16,20H,3H2,1-2H3. The van der Waals surface area contributed by atoms with Crippen LogP contribution in [0.25, 0.3) is 0 Å². The summed E-state index contributed by atoms with van der Waals surface area (Å²) in [7, 11) is 1.58. The van der Waals surface area contributed by atoms with Crippen molar-refractivity contribution in [3.05, 3.63) is 65.0 Å². The second kappa shape index (κ2) is 6.63. The summed E-state index contributed by atoms with van der Waals surface area (Å²) in [5.41, 5.74) is 0.417. The molecule has 0 aromatic heterocycles. The van der Waals surface area contributed by atoms with E-state index in [0.717, 1.165) is 0 Å². The molecule has 0 heterocycles. The highest BCUT2D eigenvalue weighted by Gasteiger charge is 2.22. The third kappa shape index (κ3) is 3.36. The molecule has 0 aliphatic heterocycles. The van der Waals surface area contributed by atoms with E-state index in [2.05, 4.69) is 5.32 Å². The number of nitrogens with one attached hydrogen (secondary N) is 1. The molecule has 1 unspecified atom stereocenters. The minimum Gasteiger partial charge on any atom is -0.494 e. The smallest absolute Gasteiger partial charge is 0.134 e. The fraction of sp³-hybridized carbons (Fsp3) is 0.250. The van der Waals surface area contributed by atoms with Gasteiger partial charge < -0.3 is 10.1 Å². The van der Waals surface area contributed by atoms with Gasteiger partial charge in [0.05, 0.1) is 12.6 Å². The van der Waals surface area contributed by atoms with Crippen molar-refractivity contribution in [1.82, 2.24) is 5.32 Å². The lowest BCUT2D eigenvalue weighted by atomic mass is 9.97. The Morgan fingerprint density at radius 3 is 2.33 bits per heavy atom. The van der Waals surface area contributed by atoms with Crippen LogP contribution in [0.4, 0.5) is 13.2 Å². The van der Waals surface area contributed by atoms with Crippen molar-refractivity contribution >= 4 is 0 Å². The highest BCUT2D eigenvalue weighted by atomic mass is 19.1. The highest BCUT2D eigenvalue weighted by Crippen LogP contribution is 2.29. The van der Waals surface area contributed by atoms with Crippen molar-refractivity contribution < 1.29 is 17.9 Å².